The van der Waals surface area contributed by atoms with Gasteiger partial charge >= 0.3 is 7.52 Å². The van der Waals surface area contributed by atoms with Crippen molar-refractivity contribution in [1.82, 2.24) is 0 Å². The van der Waals surface area contributed by atoms with Gasteiger partial charge < -0.3 is 9.61 Å². The van der Waals surface area contributed by atoms with Gasteiger partial charge in [0.1, 0.15) is 5.75 Å². The van der Waals surface area contributed by atoms with Crippen LogP contribution < -0.4 is 9.61 Å². The quantitative estimate of drug-likeness (QED) is 0.779. The molecule has 1 atom stereocenters. The molecule has 112 valence electrons. The molecule has 0 saturated carbocycles. The summed E-state index contributed by atoms with van der Waals surface area (Å²) in [6.45, 7) is 8.04. The van der Waals surface area contributed by atoms with Crippen LogP contribution in [0, 0.1) is 0 Å². The first-order chi connectivity index (χ1) is 9.76. The Morgan fingerprint density at radius 3 is 2.29 bits per heavy atom. The number of rotatable bonds is 4. The molecule has 2 rings (SSSR count). The zero-order chi connectivity index (χ0) is 15.5. The molecule has 0 spiro atoms. The predicted octanol–water partition coefficient (Wildman–Crippen LogP) is 5.30. The van der Waals surface area contributed by atoms with Gasteiger partial charge in [0.2, 0.25) is 0 Å². The molecule has 2 aromatic rings. The van der Waals surface area contributed by atoms with Crippen LogP contribution in [0.2, 0.25) is 0 Å². The number of hydrogen-bond acceptors (Lipinski definition) is 2. The first-order valence-corrected chi connectivity index (χ1v) is 9.04. The Balaban J connectivity index is 2.15. The minimum Gasteiger partial charge on any atom is -0.429 e. The maximum atomic E-state index is 12.6. The summed E-state index contributed by atoms with van der Waals surface area (Å²) in [5, 5.41) is 3.01. The molecule has 0 fully saturated rings. The maximum Gasteiger partial charge on any atom is 0.338 e. The molecular weight excluding hydrogens is 281 g/mol. The third kappa shape index (κ3) is 4.64. The van der Waals surface area contributed by atoms with Crippen molar-refractivity contribution in [2.45, 2.75) is 26.2 Å². The van der Waals surface area contributed by atoms with E-state index in [4.69, 9.17) is 4.52 Å². The summed E-state index contributed by atoms with van der Waals surface area (Å²) in [5.41, 5.74) is 2.05. The van der Waals surface area contributed by atoms with Gasteiger partial charge in [-0.15, -0.1) is 0 Å². The monoisotopic (exact) mass is 303 g/mol. The van der Waals surface area contributed by atoms with Crippen LogP contribution in [0.3, 0.4) is 0 Å². The minimum atomic E-state index is -2.96. The third-order valence-corrected chi connectivity index (χ3v) is 4.31. The molecule has 0 aliphatic carbocycles. The molecule has 0 bridgehead atoms. The summed E-state index contributed by atoms with van der Waals surface area (Å²) in [6, 6.07) is 17.2. The Labute approximate surface area is 126 Å². The second-order valence-electron chi connectivity index (χ2n) is 6.19. The van der Waals surface area contributed by atoms with Crippen molar-refractivity contribution < 1.29 is 9.09 Å². The number of anilines is 1. The Hall–Kier alpha value is -1.73. The molecular formula is C17H22NO2P. The van der Waals surface area contributed by atoms with E-state index in [1.165, 1.54) is 5.56 Å². The van der Waals surface area contributed by atoms with Crippen molar-refractivity contribution in [2.24, 2.45) is 0 Å². The lowest BCUT2D eigenvalue weighted by Gasteiger charge is -2.22. The van der Waals surface area contributed by atoms with Crippen molar-refractivity contribution in [3.8, 4) is 5.75 Å². The maximum absolute atomic E-state index is 12.6. The van der Waals surface area contributed by atoms with Crippen molar-refractivity contribution in [3.05, 3.63) is 60.2 Å². The van der Waals surface area contributed by atoms with E-state index in [2.05, 4.69) is 31.9 Å². The lowest BCUT2D eigenvalue weighted by Crippen LogP contribution is -2.11. The highest BCUT2D eigenvalue weighted by Crippen LogP contribution is 2.43. The van der Waals surface area contributed by atoms with Crippen LogP contribution in [-0.2, 0) is 9.98 Å². The molecule has 2 aromatic carbocycles. The van der Waals surface area contributed by atoms with Gasteiger partial charge in [-0.3, -0.25) is 4.57 Å². The highest BCUT2D eigenvalue weighted by molar-refractivity contribution is 7.60. The van der Waals surface area contributed by atoms with Gasteiger partial charge in [-0.1, -0.05) is 51.1 Å². The van der Waals surface area contributed by atoms with Crippen LogP contribution in [0.1, 0.15) is 26.3 Å². The highest BCUT2D eigenvalue weighted by Gasteiger charge is 2.19. The predicted molar refractivity (Wildman–Crippen MR) is 89.4 cm³/mol. The Kier molecular flexibility index (Phi) is 4.43. The van der Waals surface area contributed by atoms with Gasteiger partial charge in [0.05, 0.1) is 0 Å². The van der Waals surface area contributed by atoms with Gasteiger partial charge in [0.15, 0.2) is 0 Å². The van der Waals surface area contributed by atoms with E-state index in [9.17, 15) is 4.57 Å². The van der Waals surface area contributed by atoms with Gasteiger partial charge in [-0.05, 0) is 35.2 Å². The van der Waals surface area contributed by atoms with E-state index in [0.29, 0.717) is 5.75 Å². The average molecular weight is 303 g/mol. The smallest absolute Gasteiger partial charge is 0.338 e. The van der Waals surface area contributed by atoms with E-state index in [0.717, 1.165) is 5.69 Å². The van der Waals surface area contributed by atoms with Crippen molar-refractivity contribution in [2.75, 3.05) is 11.8 Å². The number of benzene rings is 2. The lowest BCUT2D eigenvalue weighted by atomic mass is 9.87. The Bertz CT molecular complexity index is 647. The molecule has 0 aromatic heterocycles. The van der Waals surface area contributed by atoms with E-state index >= 15 is 0 Å². The molecule has 0 aliphatic heterocycles. The van der Waals surface area contributed by atoms with Gasteiger partial charge in [-0.25, -0.2) is 0 Å². The van der Waals surface area contributed by atoms with E-state index in [1.807, 2.05) is 36.4 Å². The Morgan fingerprint density at radius 2 is 1.67 bits per heavy atom. The molecule has 1 N–H and O–H groups in total. The summed E-state index contributed by atoms with van der Waals surface area (Å²) >= 11 is 0. The van der Waals surface area contributed by atoms with Crippen molar-refractivity contribution in [3.63, 3.8) is 0 Å². The summed E-state index contributed by atoms with van der Waals surface area (Å²) in [5.74, 6) is 0.600. The fourth-order valence-electron chi connectivity index (χ4n) is 2.00. The molecule has 0 radical (unpaired) electrons. The van der Waals surface area contributed by atoms with Crippen LogP contribution in [0.4, 0.5) is 5.69 Å². The fourth-order valence-corrected chi connectivity index (χ4v) is 3.17. The zero-order valence-corrected chi connectivity index (χ0v) is 13.9. The van der Waals surface area contributed by atoms with Crippen LogP contribution in [0.15, 0.2) is 54.6 Å². The largest absolute Gasteiger partial charge is 0.429 e. The molecule has 3 nitrogen and oxygen atoms in total. The normalized spacial score (nSPS) is 14.3. The van der Waals surface area contributed by atoms with Crippen molar-refractivity contribution in [1.29, 1.82) is 0 Å². The first-order valence-electron chi connectivity index (χ1n) is 6.97. The van der Waals surface area contributed by atoms with Crippen LogP contribution in [0.5, 0.6) is 5.75 Å². The zero-order valence-electron chi connectivity index (χ0n) is 13.0. The Morgan fingerprint density at radius 1 is 1.00 bits per heavy atom. The number of para-hydroxylation sites is 1. The third-order valence-electron chi connectivity index (χ3n) is 3.08. The fraction of sp³-hybridized carbons (Fsp3) is 0.294. The summed E-state index contributed by atoms with van der Waals surface area (Å²) < 4.78 is 18.2. The highest BCUT2D eigenvalue weighted by atomic mass is 31.2. The summed E-state index contributed by atoms with van der Waals surface area (Å²) in [7, 11) is -2.96. The molecule has 1 unspecified atom stereocenters. The number of hydrogen-bond donors (Lipinski definition) is 1. The van der Waals surface area contributed by atoms with E-state index in [-0.39, 0.29) is 5.41 Å². The molecule has 0 aliphatic rings. The molecule has 0 saturated heterocycles. The van der Waals surface area contributed by atoms with Gasteiger partial charge in [-0.2, -0.15) is 0 Å². The molecule has 0 heterocycles. The molecule has 21 heavy (non-hydrogen) atoms. The number of nitrogens with one attached hydrogen (secondary N) is 1. The van der Waals surface area contributed by atoms with E-state index in [1.54, 1.807) is 18.8 Å². The second kappa shape index (κ2) is 5.95. The lowest BCUT2D eigenvalue weighted by molar-refractivity contribution is 0.493. The molecule has 0 amide bonds. The van der Waals surface area contributed by atoms with Gasteiger partial charge in [0.25, 0.3) is 0 Å². The van der Waals surface area contributed by atoms with Crippen molar-refractivity contribution >= 4 is 13.2 Å². The van der Waals surface area contributed by atoms with Crippen LogP contribution >= 0.6 is 7.52 Å². The average Bonchev–Trinajstić information content (AvgIpc) is 2.38. The standard InChI is InChI=1S/C17H22NO2P/c1-17(2,3)14-9-8-10-15(13-14)18-21(4,19)20-16-11-6-5-7-12-16/h5-13H,1-4H3,(H,18,19). The van der Waals surface area contributed by atoms with Gasteiger partial charge in [0, 0.05) is 12.4 Å². The summed E-state index contributed by atoms with van der Waals surface area (Å²) in [4.78, 5) is 0. The second-order valence-corrected chi connectivity index (χ2v) is 8.29. The van der Waals surface area contributed by atoms with E-state index < -0.39 is 7.52 Å². The molecule has 4 heteroatoms. The minimum absolute atomic E-state index is 0.0513. The van der Waals surface area contributed by atoms with Crippen LogP contribution in [0.25, 0.3) is 0 Å². The SMILES string of the molecule is CC(C)(C)c1cccc(NP(C)(=O)Oc2ccccc2)c1. The van der Waals surface area contributed by atoms with Crippen LogP contribution in [-0.4, -0.2) is 6.66 Å². The topological polar surface area (TPSA) is 38.3 Å². The summed E-state index contributed by atoms with van der Waals surface area (Å²) in [6.07, 6.45) is 0. The first kappa shape index (κ1) is 15.7.